The highest BCUT2D eigenvalue weighted by molar-refractivity contribution is 7.99. The van der Waals surface area contributed by atoms with Gasteiger partial charge in [0.2, 0.25) is 0 Å². The van der Waals surface area contributed by atoms with Gasteiger partial charge >= 0.3 is 0 Å². The minimum Gasteiger partial charge on any atom is -0.308 e. The molecule has 4 heteroatoms. The van der Waals surface area contributed by atoms with Crippen LogP contribution in [0.15, 0.2) is 17.5 Å². The quantitative estimate of drug-likeness (QED) is 0.871. The maximum absolute atomic E-state index is 3.59. The van der Waals surface area contributed by atoms with Crippen molar-refractivity contribution in [2.75, 3.05) is 37.7 Å². The van der Waals surface area contributed by atoms with Gasteiger partial charge in [0, 0.05) is 48.6 Å². The van der Waals surface area contributed by atoms with Crippen molar-refractivity contribution in [3.8, 4) is 0 Å². The molecule has 2 nitrogen and oxygen atoms in total. The SMILES string of the molecule is CC(NCCN1CCSCC1)c1cccs1. The van der Waals surface area contributed by atoms with Crippen molar-refractivity contribution < 1.29 is 0 Å². The zero-order valence-corrected chi connectivity index (χ0v) is 11.4. The Morgan fingerprint density at radius 3 is 2.94 bits per heavy atom. The average molecular weight is 256 g/mol. The molecule has 1 aromatic rings. The summed E-state index contributed by atoms with van der Waals surface area (Å²) >= 11 is 3.91. The van der Waals surface area contributed by atoms with Crippen LogP contribution in [0, 0.1) is 0 Å². The smallest absolute Gasteiger partial charge is 0.0386 e. The molecule has 1 atom stereocenters. The normalized spacial score (nSPS) is 19.8. The standard InChI is InChI=1S/C12H20N2S2/c1-11(12-3-2-8-16-12)13-4-5-14-6-9-15-10-7-14/h2-3,8,11,13H,4-7,9-10H2,1H3. The molecule has 16 heavy (non-hydrogen) atoms. The highest BCUT2D eigenvalue weighted by Crippen LogP contribution is 2.17. The first-order chi connectivity index (χ1) is 7.86. The van der Waals surface area contributed by atoms with E-state index in [1.165, 1.54) is 36.0 Å². The Labute approximate surface area is 106 Å². The van der Waals surface area contributed by atoms with Gasteiger partial charge in [-0.2, -0.15) is 11.8 Å². The van der Waals surface area contributed by atoms with Crippen molar-refractivity contribution in [1.82, 2.24) is 10.2 Å². The van der Waals surface area contributed by atoms with Crippen LogP contribution in [-0.2, 0) is 0 Å². The van der Waals surface area contributed by atoms with E-state index in [2.05, 4.69) is 46.4 Å². The topological polar surface area (TPSA) is 15.3 Å². The van der Waals surface area contributed by atoms with Gasteiger partial charge < -0.3 is 10.2 Å². The van der Waals surface area contributed by atoms with E-state index in [1.54, 1.807) is 0 Å². The molecule has 2 rings (SSSR count). The summed E-state index contributed by atoms with van der Waals surface area (Å²) in [5.41, 5.74) is 0. The first-order valence-corrected chi connectivity index (χ1v) is 7.96. The minimum atomic E-state index is 0.499. The largest absolute Gasteiger partial charge is 0.308 e. The van der Waals surface area contributed by atoms with Crippen LogP contribution in [0.2, 0.25) is 0 Å². The first kappa shape index (κ1) is 12.4. The number of thiophene rings is 1. The Kier molecular flexibility index (Phi) is 5.16. The molecule has 2 heterocycles. The van der Waals surface area contributed by atoms with Gasteiger partial charge in [-0.15, -0.1) is 11.3 Å². The monoisotopic (exact) mass is 256 g/mol. The molecule has 1 aromatic heterocycles. The molecule has 1 aliphatic heterocycles. The van der Waals surface area contributed by atoms with Gasteiger partial charge in [0.05, 0.1) is 0 Å². The van der Waals surface area contributed by atoms with Crippen LogP contribution in [0.4, 0.5) is 0 Å². The predicted molar refractivity (Wildman–Crippen MR) is 74.5 cm³/mol. The molecule has 0 saturated carbocycles. The average Bonchev–Trinajstić information content (AvgIpc) is 2.84. The first-order valence-electron chi connectivity index (χ1n) is 5.93. The second kappa shape index (κ2) is 6.64. The van der Waals surface area contributed by atoms with Gasteiger partial charge in [0.1, 0.15) is 0 Å². The van der Waals surface area contributed by atoms with Crippen LogP contribution >= 0.6 is 23.1 Å². The molecule has 0 aliphatic carbocycles. The van der Waals surface area contributed by atoms with Gasteiger partial charge in [-0.25, -0.2) is 0 Å². The van der Waals surface area contributed by atoms with Crippen LogP contribution in [0.1, 0.15) is 17.8 Å². The van der Waals surface area contributed by atoms with E-state index in [0.717, 1.165) is 6.54 Å². The third-order valence-electron chi connectivity index (χ3n) is 2.95. The van der Waals surface area contributed by atoms with Crippen LogP contribution < -0.4 is 5.32 Å². The minimum absolute atomic E-state index is 0.499. The lowest BCUT2D eigenvalue weighted by Gasteiger charge is -2.26. The number of thioether (sulfide) groups is 1. The Hall–Kier alpha value is -0.0300. The summed E-state index contributed by atoms with van der Waals surface area (Å²) < 4.78 is 0. The van der Waals surface area contributed by atoms with Gasteiger partial charge in [0.15, 0.2) is 0 Å². The maximum Gasteiger partial charge on any atom is 0.0386 e. The second-order valence-electron chi connectivity index (χ2n) is 4.15. The molecule has 0 amide bonds. The van der Waals surface area contributed by atoms with Crippen molar-refractivity contribution in [3.63, 3.8) is 0 Å². The molecular weight excluding hydrogens is 236 g/mol. The van der Waals surface area contributed by atoms with Gasteiger partial charge in [-0.1, -0.05) is 6.07 Å². The third-order valence-corrected chi connectivity index (χ3v) is 4.95. The summed E-state index contributed by atoms with van der Waals surface area (Å²) in [7, 11) is 0. The van der Waals surface area contributed by atoms with E-state index < -0.39 is 0 Å². The molecule has 90 valence electrons. The fourth-order valence-electron chi connectivity index (χ4n) is 1.90. The fourth-order valence-corrected chi connectivity index (χ4v) is 3.64. The summed E-state index contributed by atoms with van der Waals surface area (Å²) in [6, 6.07) is 4.83. The number of hydrogen-bond acceptors (Lipinski definition) is 4. The molecule has 1 N–H and O–H groups in total. The molecule has 1 fully saturated rings. The highest BCUT2D eigenvalue weighted by Gasteiger charge is 2.10. The zero-order valence-electron chi connectivity index (χ0n) is 9.82. The lowest BCUT2D eigenvalue weighted by Crippen LogP contribution is -2.38. The zero-order chi connectivity index (χ0) is 11.2. The molecule has 0 aromatic carbocycles. The molecule has 1 aliphatic rings. The molecule has 1 unspecified atom stereocenters. The van der Waals surface area contributed by atoms with Crippen molar-refractivity contribution in [1.29, 1.82) is 0 Å². The Bertz CT molecular complexity index is 281. The summed E-state index contributed by atoms with van der Waals surface area (Å²) in [5, 5.41) is 5.74. The number of hydrogen-bond donors (Lipinski definition) is 1. The van der Waals surface area contributed by atoms with E-state index >= 15 is 0 Å². The summed E-state index contributed by atoms with van der Waals surface area (Å²) in [6.45, 7) is 7.07. The Morgan fingerprint density at radius 1 is 1.44 bits per heavy atom. The lowest BCUT2D eigenvalue weighted by atomic mass is 10.3. The molecule has 0 bridgehead atoms. The molecule has 1 saturated heterocycles. The molecule has 0 radical (unpaired) electrons. The second-order valence-corrected chi connectivity index (χ2v) is 6.35. The molecular formula is C12H20N2S2. The van der Waals surface area contributed by atoms with Crippen molar-refractivity contribution >= 4 is 23.1 Å². The Balaban J connectivity index is 1.63. The Morgan fingerprint density at radius 2 is 2.25 bits per heavy atom. The van der Waals surface area contributed by atoms with E-state index in [4.69, 9.17) is 0 Å². The number of nitrogens with zero attached hydrogens (tertiary/aromatic N) is 1. The lowest BCUT2D eigenvalue weighted by molar-refractivity contribution is 0.297. The van der Waals surface area contributed by atoms with E-state index in [1.807, 2.05) is 11.3 Å². The predicted octanol–water partition coefficient (Wildman–Crippen LogP) is 2.45. The van der Waals surface area contributed by atoms with E-state index in [9.17, 15) is 0 Å². The van der Waals surface area contributed by atoms with Gasteiger partial charge in [-0.3, -0.25) is 0 Å². The van der Waals surface area contributed by atoms with Crippen LogP contribution in [-0.4, -0.2) is 42.6 Å². The summed E-state index contributed by atoms with van der Waals surface area (Å²) in [6.07, 6.45) is 0. The van der Waals surface area contributed by atoms with Crippen molar-refractivity contribution in [2.45, 2.75) is 13.0 Å². The number of rotatable bonds is 5. The summed E-state index contributed by atoms with van der Waals surface area (Å²) in [5.74, 6) is 2.61. The van der Waals surface area contributed by atoms with Gasteiger partial charge in [0.25, 0.3) is 0 Å². The van der Waals surface area contributed by atoms with Crippen molar-refractivity contribution in [2.24, 2.45) is 0 Å². The fraction of sp³-hybridized carbons (Fsp3) is 0.667. The van der Waals surface area contributed by atoms with E-state index in [-0.39, 0.29) is 0 Å². The van der Waals surface area contributed by atoms with Gasteiger partial charge in [-0.05, 0) is 18.4 Å². The van der Waals surface area contributed by atoms with E-state index in [0.29, 0.717) is 6.04 Å². The van der Waals surface area contributed by atoms with Crippen LogP contribution in [0.25, 0.3) is 0 Å². The van der Waals surface area contributed by atoms with Crippen LogP contribution in [0.3, 0.4) is 0 Å². The maximum atomic E-state index is 3.59. The third kappa shape index (κ3) is 3.77. The van der Waals surface area contributed by atoms with Crippen molar-refractivity contribution in [3.05, 3.63) is 22.4 Å². The molecule has 0 spiro atoms. The van der Waals surface area contributed by atoms with Crippen LogP contribution in [0.5, 0.6) is 0 Å². The highest BCUT2D eigenvalue weighted by atomic mass is 32.2. The summed E-state index contributed by atoms with van der Waals surface area (Å²) in [4.78, 5) is 4.00. The number of nitrogens with one attached hydrogen (secondary N) is 1.